The normalized spacial score (nSPS) is 20.3. The topological polar surface area (TPSA) is 73.0 Å². The van der Waals surface area contributed by atoms with Crippen LogP contribution in [0.4, 0.5) is 5.69 Å². The largest absolute Gasteiger partial charge is 0.378 e. The first-order valence-corrected chi connectivity index (χ1v) is 4.98. The highest BCUT2D eigenvalue weighted by atomic mass is 32.1. The molecule has 0 amide bonds. The minimum Gasteiger partial charge on any atom is -0.378 e. The predicted molar refractivity (Wildman–Crippen MR) is 57.9 cm³/mol. The van der Waals surface area contributed by atoms with Crippen LogP contribution in [0.5, 0.6) is 0 Å². The SMILES string of the molecule is Cc1nn(C2CCNC2=S)cc1[N+](=O)[O-]. The Hall–Kier alpha value is -1.50. The number of nitrogens with zero attached hydrogens (tertiary/aromatic N) is 3. The summed E-state index contributed by atoms with van der Waals surface area (Å²) in [6.45, 7) is 2.43. The molecule has 0 aliphatic carbocycles. The van der Waals surface area contributed by atoms with Gasteiger partial charge in [0.25, 0.3) is 0 Å². The molecule has 1 unspecified atom stereocenters. The van der Waals surface area contributed by atoms with Crippen molar-refractivity contribution in [3.05, 3.63) is 22.0 Å². The summed E-state index contributed by atoms with van der Waals surface area (Å²) in [5, 5.41) is 17.8. The summed E-state index contributed by atoms with van der Waals surface area (Å²) in [6.07, 6.45) is 2.27. The smallest absolute Gasteiger partial charge is 0.309 e. The van der Waals surface area contributed by atoms with Gasteiger partial charge >= 0.3 is 5.69 Å². The molecule has 2 rings (SSSR count). The van der Waals surface area contributed by atoms with Crippen LogP contribution in [-0.4, -0.2) is 26.2 Å². The van der Waals surface area contributed by atoms with Crippen molar-refractivity contribution in [1.29, 1.82) is 0 Å². The second-order valence-electron chi connectivity index (χ2n) is 3.43. The highest BCUT2D eigenvalue weighted by Gasteiger charge is 2.26. The lowest BCUT2D eigenvalue weighted by Crippen LogP contribution is -2.20. The Kier molecular flexibility index (Phi) is 2.39. The van der Waals surface area contributed by atoms with Gasteiger partial charge in [-0.25, -0.2) is 0 Å². The van der Waals surface area contributed by atoms with E-state index in [1.165, 1.54) is 6.20 Å². The predicted octanol–water partition coefficient (Wildman–Crippen LogP) is 0.962. The van der Waals surface area contributed by atoms with Crippen molar-refractivity contribution in [2.24, 2.45) is 0 Å². The molecule has 6 nitrogen and oxygen atoms in total. The molecule has 7 heteroatoms. The summed E-state index contributed by atoms with van der Waals surface area (Å²) in [5.74, 6) is 0. The molecule has 1 N–H and O–H groups in total. The zero-order valence-corrected chi connectivity index (χ0v) is 8.95. The quantitative estimate of drug-likeness (QED) is 0.462. The van der Waals surface area contributed by atoms with E-state index >= 15 is 0 Å². The number of thiocarbonyl (C=S) groups is 1. The van der Waals surface area contributed by atoms with Crippen LogP contribution in [0, 0.1) is 17.0 Å². The molecular formula is C8H10N4O2S. The van der Waals surface area contributed by atoms with Gasteiger partial charge in [0.2, 0.25) is 0 Å². The highest BCUT2D eigenvalue weighted by Crippen LogP contribution is 2.22. The second kappa shape index (κ2) is 3.58. The molecule has 80 valence electrons. The third-order valence-corrected chi connectivity index (χ3v) is 2.84. The van der Waals surface area contributed by atoms with E-state index in [0.717, 1.165) is 13.0 Å². The van der Waals surface area contributed by atoms with Crippen LogP contribution in [-0.2, 0) is 0 Å². The molecule has 1 aromatic rings. The van der Waals surface area contributed by atoms with Crippen molar-refractivity contribution < 1.29 is 4.92 Å². The molecule has 15 heavy (non-hydrogen) atoms. The molecule has 1 aromatic heterocycles. The Morgan fingerprint density at radius 2 is 2.53 bits per heavy atom. The van der Waals surface area contributed by atoms with E-state index in [9.17, 15) is 10.1 Å². The van der Waals surface area contributed by atoms with Crippen LogP contribution in [0.15, 0.2) is 6.20 Å². The Morgan fingerprint density at radius 1 is 1.80 bits per heavy atom. The molecule has 0 spiro atoms. The number of rotatable bonds is 2. The lowest BCUT2D eigenvalue weighted by molar-refractivity contribution is -0.385. The maximum Gasteiger partial charge on any atom is 0.309 e. The van der Waals surface area contributed by atoms with Gasteiger partial charge in [0.1, 0.15) is 22.9 Å². The monoisotopic (exact) mass is 226 g/mol. The van der Waals surface area contributed by atoms with Gasteiger partial charge in [-0.05, 0) is 13.3 Å². The summed E-state index contributed by atoms with van der Waals surface area (Å²) < 4.78 is 1.58. The fourth-order valence-corrected chi connectivity index (χ4v) is 1.97. The van der Waals surface area contributed by atoms with Crippen molar-refractivity contribution in [3.63, 3.8) is 0 Å². The number of hydrogen-bond acceptors (Lipinski definition) is 4. The molecule has 1 atom stereocenters. The lowest BCUT2D eigenvalue weighted by Gasteiger charge is -2.07. The van der Waals surface area contributed by atoms with Crippen LogP contribution in [0.25, 0.3) is 0 Å². The van der Waals surface area contributed by atoms with Crippen molar-refractivity contribution in [1.82, 2.24) is 15.1 Å². The number of aryl methyl sites for hydroxylation is 1. The first-order chi connectivity index (χ1) is 7.09. The van der Waals surface area contributed by atoms with Gasteiger partial charge in [-0.3, -0.25) is 14.8 Å². The summed E-state index contributed by atoms with van der Waals surface area (Å²) in [6, 6.07) is -0.0348. The minimum atomic E-state index is -0.426. The molecule has 1 aliphatic rings. The molecule has 0 radical (unpaired) electrons. The van der Waals surface area contributed by atoms with Gasteiger partial charge < -0.3 is 5.32 Å². The van der Waals surface area contributed by atoms with Crippen LogP contribution in [0.2, 0.25) is 0 Å². The van der Waals surface area contributed by atoms with Gasteiger partial charge in [-0.2, -0.15) is 5.10 Å². The van der Waals surface area contributed by atoms with Crippen molar-refractivity contribution >= 4 is 22.9 Å². The molecule has 1 aliphatic heterocycles. The average molecular weight is 226 g/mol. The Balaban J connectivity index is 2.33. The van der Waals surface area contributed by atoms with E-state index in [-0.39, 0.29) is 11.7 Å². The molecule has 1 fully saturated rings. The number of nitrogens with one attached hydrogen (secondary N) is 1. The third kappa shape index (κ3) is 1.70. The Bertz CT molecular complexity index is 428. The van der Waals surface area contributed by atoms with Gasteiger partial charge in [0.05, 0.1) is 4.92 Å². The van der Waals surface area contributed by atoms with E-state index in [2.05, 4.69) is 10.4 Å². The fraction of sp³-hybridized carbons (Fsp3) is 0.500. The van der Waals surface area contributed by atoms with Gasteiger partial charge in [-0.15, -0.1) is 0 Å². The van der Waals surface area contributed by atoms with Crippen molar-refractivity contribution in [2.75, 3.05) is 6.54 Å². The van der Waals surface area contributed by atoms with E-state index in [1.54, 1.807) is 11.6 Å². The third-order valence-electron chi connectivity index (χ3n) is 2.43. The molecule has 0 saturated carbocycles. The zero-order valence-electron chi connectivity index (χ0n) is 8.14. The molecule has 1 saturated heterocycles. The molecule has 0 bridgehead atoms. The van der Waals surface area contributed by atoms with E-state index in [4.69, 9.17) is 12.2 Å². The highest BCUT2D eigenvalue weighted by molar-refractivity contribution is 7.80. The standard InChI is InChI=1S/C8H10N4O2S/c1-5-7(12(13)14)4-11(10-5)6-2-3-9-8(6)15/h4,6H,2-3H2,1H3,(H,9,15). The first kappa shape index (κ1) is 10.0. The summed E-state index contributed by atoms with van der Waals surface area (Å²) in [4.78, 5) is 10.9. The van der Waals surface area contributed by atoms with E-state index in [1.807, 2.05) is 0 Å². The first-order valence-electron chi connectivity index (χ1n) is 4.57. The summed E-state index contributed by atoms with van der Waals surface area (Å²) in [5.41, 5.74) is 0.472. The van der Waals surface area contributed by atoms with Crippen LogP contribution in [0.3, 0.4) is 0 Å². The maximum atomic E-state index is 10.6. The minimum absolute atomic E-state index is 0.0348. The number of nitro groups is 1. The van der Waals surface area contributed by atoms with Crippen LogP contribution >= 0.6 is 12.2 Å². The van der Waals surface area contributed by atoms with Crippen molar-refractivity contribution in [2.45, 2.75) is 19.4 Å². The van der Waals surface area contributed by atoms with Gasteiger partial charge in [-0.1, -0.05) is 12.2 Å². The van der Waals surface area contributed by atoms with Gasteiger partial charge in [0.15, 0.2) is 0 Å². The Morgan fingerprint density at radius 3 is 3.00 bits per heavy atom. The van der Waals surface area contributed by atoms with E-state index < -0.39 is 4.92 Å². The average Bonchev–Trinajstić information content (AvgIpc) is 2.71. The number of aromatic nitrogens is 2. The second-order valence-corrected chi connectivity index (χ2v) is 3.87. The summed E-state index contributed by atoms with van der Waals surface area (Å²) in [7, 11) is 0. The maximum absolute atomic E-state index is 10.6. The molecular weight excluding hydrogens is 216 g/mol. The zero-order chi connectivity index (χ0) is 11.0. The van der Waals surface area contributed by atoms with E-state index in [0.29, 0.717) is 10.7 Å². The van der Waals surface area contributed by atoms with Crippen LogP contribution < -0.4 is 5.32 Å². The fourth-order valence-electron chi connectivity index (χ4n) is 1.64. The van der Waals surface area contributed by atoms with Crippen LogP contribution in [0.1, 0.15) is 18.2 Å². The Labute approximate surface area is 91.4 Å². The molecule has 0 aromatic carbocycles. The lowest BCUT2D eigenvalue weighted by atomic mass is 10.3. The van der Waals surface area contributed by atoms with Crippen molar-refractivity contribution in [3.8, 4) is 0 Å². The molecule has 2 heterocycles. The summed E-state index contributed by atoms with van der Waals surface area (Å²) >= 11 is 5.10. The number of hydrogen-bond donors (Lipinski definition) is 1. The van der Waals surface area contributed by atoms with Gasteiger partial charge in [0, 0.05) is 6.54 Å².